The summed E-state index contributed by atoms with van der Waals surface area (Å²) in [6.07, 6.45) is 9.33. The first kappa shape index (κ1) is 27.9. The van der Waals surface area contributed by atoms with Crippen LogP contribution in [0.1, 0.15) is 78.2 Å². The molecular formula is C40H42O4. The van der Waals surface area contributed by atoms with Crippen molar-refractivity contribution in [3.8, 4) is 33.8 Å². The molecule has 4 heteroatoms. The first-order valence-electron chi connectivity index (χ1n) is 16.7. The van der Waals surface area contributed by atoms with Crippen LogP contribution in [0.2, 0.25) is 0 Å². The minimum Gasteiger partial charge on any atom is -0.492 e. The van der Waals surface area contributed by atoms with Gasteiger partial charge in [0.05, 0.1) is 32.3 Å². The van der Waals surface area contributed by atoms with Gasteiger partial charge in [-0.05, 0) is 102 Å². The summed E-state index contributed by atoms with van der Waals surface area (Å²) < 4.78 is 25.3. The van der Waals surface area contributed by atoms with Gasteiger partial charge in [0.2, 0.25) is 0 Å². The van der Waals surface area contributed by atoms with E-state index in [1.165, 1.54) is 75.8 Å². The van der Waals surface area contributed by atoms with E-state index in [4.69, 9.17) is 18.9 Å². The Labute approximate surface area is 261 Å². The molecule has 0 unspecified atom stereocenters. The van der Waals surface area contributed by atoms with Gasteiger partial charge in [-0.1, -0.05) is 67.6 Å². The largest absolute Gasteiger partial charge is 0.492 e. The monoisotopic (exact) mass is 586 g/mol. The molecule has 2 heterocycles. The molecule has 0 radical (unpaired) electrons. The number of fused-ring (bicyclic) bond motifs is 7. The van der Waals surface area contributed by atoms with E-state index in [-0.39, 0.29) is 12.2 Å². The highest BCUT2D eigenvalue weighted by molar-refractivity contribution is 5.84. The third-order valence-electron chi connectivity index (χ3n) is 10.1. The zero-order chi connectivity index (χ0) is 29.5. The molecule has 4 aromatic rings. The molecule has 1 fully saturated rings. The zero-order valence-corrected chi connectivity index (χ0v) is 25.8. The Balaban J connectivity index is 1.08. The molecule has 44 heavy (non-hydrogen) atoms. The van der Waals surface area contributed by atoms with Gasteiger partial charge in [0.15, 0.2) is 6.29 Å². The first-order valence-corrected chi connectivity index (χ1v) is 16.7. The Morgan fingerprint density at radius 1 is 0.500 bits per heavy atom. The Morgan fingerprint density at radius 2 is 0.977 bits per heavy atom. The Kier molecular flexibility index (Phi) is 7.65. The quantitative estimate of drug-likeness (QED) is 0.240. The minimum absolute atomic E-state index is 0.125. The molecule has 2 aliphatic heterocycles. The Morgan fingerprint density at radius 3 is 1.50 bits per heavy atom. The summed E-state index contributed by atoms with van der Waals surface area (Å²) in [6, 6.07) is 26.6. The van der Waals surface area contributed by atoms with Gasteiger partial charge in [0.1, 0.15) is 11.5 Å². The van der Waals surface area contributed by atoms with Crippen LogP contribution in [0.15, 0.2) is 72.8 Å². The number of ether oxygens (including phenoxy) is 4. The standard InChI is InChI=1S/C40H42O4/c1-26-22-43-40(44-23-26)32-16-14-28(15-17-32)27-10-12-29(13-11-27)33-24-41-36-20-18-30-6-2-4-8-34(30)38(36)39-35-9-5-3-7-31(35)19-21-37(39)42-25-33/h10-21,26,33,40H,2-9,22-25H2,1H3. The van der Waals surface area contributed by atoms with E-state index in [9.17, 15) is 0 Å². The average molecular weight is 587 g/mol. The average Bonchev–Trinajstić information content (AvgIpc) is 3.17. The predicted molar refractivity (Wildman–Crippen MR) is 175 cm³/mol. The van der Waals surface area contributed by atoms with E-state index < -0.39 is 0 Å². The maximum atomic E-state index is 6.78. The van der Waals surface area contributed by atoms with Gasteiger partial charge in [0.25, 0.3) is 0 Å². The number of rotatable bonds is 3. The number of hydrogen-bond donors (Lipinski definition) is 0. The predicted octanol–water partition coefficient (Wildman–Crippen LogP) is 9.01. The van der Waals surface area contributed by atoms with E-state index >= 15 is 0 Å². The van der Waals surface area contributed by atoms with Crippen molar-refractivity contribution in [3.05, 3.63) is 106 Å². The van der Waals surface area contributed by atoms with Crippen LogP contribution >= 0.6 is 0 Å². The highest BCUT2D eigenvalue weighted by atomic mass is 16.7. The van der Waals surface area contributed by atoms with Crippen molar-refractivity contribution >= 4 is 0 Å². The van der Waals surface area contributed by atoms with Crippen LogP contribution < -0.4 is 9.47 Å². The summed E-state index contributed by atoms with van der Waals surface area (Å²) in [5, 5.41) is 0. The zero-order valence-electron chi connectivity index (χ0n) is 25.8. The van der Waals surface area contributed by atoms with Gasteiger partial charge in [0, 0.05) is 22.6 Å². The van der Waals surface area contributed by atoms with Crippen molar-refractivity contribution in [1.29, 1.82) is 0 Å². The van der Waals surface area contributed by atoms with Gasteiger partial charge in [-0.25, -0.2) is 0 Å². The lowest BCUT2D eigenvalue weighted by Crippen LogP contribution is -2.24. The molecule has 0 saturated carbocycles. The van der Waals surface area contributed by atoms with Crippen LogP contribution in [0, 0.1) is 5.92 Å². The van der Waals surface area contributed by atoms with E-state index in [0.717, 1.165) is 56.0 Å². The van der Waals surface area contributed by atoms with Crippen molar-refractivity contribution in [2.45, 2.75) is 70.5 Å². The van der Waals surface area contributed by atoms with Gasteiger partial charge < -0.3 is 18.9 Å². The lowest BCUT2D eigenvalue weighted by atomic mass is 9.80. The molecule has 0 bridgehead atoms. The summed E-state index contributed by atoms with van der Waals surface area (Å²) >= 11 is 0. The van der Waals surface area contributed by atoms with Crippen molar-refractivity contribution in [1.82, 2.24) is 0 Å². The van der Waals surface area contributed by atoms with Crippen LogP contribution in [-0.4, -0.2) is 26.4 Å². The number of aryl methyl sites for hydroxylation is 2. The first-order chi connectivity index (χ1) is 21.7. The summed E-state index contributed by atoms with van der Waals surface area (Å²) in [5.41, 5.74) is 13.3. The van der Waals surface area contributed by atoms with E-state index in [0.29, 0.717) is 19.1 Å². The normalized spacial score (nSPS) is 21.7. The smallest absolute Gasteiger partial charge is 0.183 e. The molecule has 0 spiro atoms. The molecule has 0 aromatic heterocycles. The SMILES string of the molecule is CC1COC(c2ccc(-c3ccc(C4COc5ccc6c(c5-c5c(ccc7c5CCCC7)OC4)CCCC6)cc3)cc2)OC1. The third-order valence-corrected chi connectivity index (χ3v) is 10.1. The Hall–Kier alpha value is -3.60. The number of benzene rings is 4. The molecule has 1 saturated heterocycles. The summed E-state index contributed by atoms with van der Waals surface area (Å²) in [7, 11) is 0. The molecule has 4 nitrogen and oxygen atoms in total. The fourth-order valence-corrected chi connectivity index (χ4v) is 7.60. The second-order valence-electron chi connectivity index (χ2n) is 13.2. The van der Waals surface area contributed by atoms with Gasteiger partial charge in [-0.2, -0.15) is 0 Å². The van der Waals surface area contributed by atoms with E-state index in [1.54, 1.807) is 0 Å². The van der Waals surface area contributed by atoms with Crippen molar-refractivity contribution in [2.24, 2.45) is 5.92 Å². The summed E-state index contributed by atoms with van der Waals surface area (Å²) in [5.74, 6) is 2.62. The molecule has 0 N–H and O–H groups in total. The van der Waals surface area contributed by atoms with Gasteiger partial charge in [-0.15, -0.1) is 0 Å². The molecule has 8 rings (SSSR count). The van der Waals surface area contributed by atoms with E-state index in [1.807, 2.05) is 0 Å². The topological polar surface area (TPSA) is 36.9 Å². The van der Waals surface area contributed by atoms with Crippen molar-refractivity contribution < 1.29 is 18.9 Å². The van der Waals surface area contributed by atoms with Crippen LogP contribution in [0.5, 0.6) is 11.5 Å². The minimum atomic E-state index is -0.266. The maximum absolute atomic E-state index is 6.78. The van der Waals surface area contributed by atoms with Crippen LogP contribution in [0.25, 0.3) is 22.3 Å². The van der Waals surface area contributed by atoms with Crippen LogP contribution in [0.4, 0.5) is 0 Å². The Bertz CT molecular complexity index is 1560. The molecule has 2 aliphatic carbocycles. The molecule has 0 atom stereocenters. The van der Waals surface area contributed by atoms with Crippen LogP contribution in [0.3, 0.4) is 0 Å². The second kappa shape index (κ2) is 12.1. The van der Waals surface area contributed by atoms with Gasteiger partial charge >= 0.3 is 0 Å². The number of hydrogen-bond acceptors (Lipinski definition) is 4. The summed E-state index contributed by atoms with van der Waals surface area (Å²) in [4.78, 5) is 0. The highest BCUT2D eigenvalue weighted by Gasteiger charge is 2.29. The lowest BCUT2D eigenvalue weighted by molar-refractivity contribution is -0.202. The molecule has 0 amide bonds. The summed E-state index contributed by atoms with van der Waals surface area (Å²) in [6.45, 7) is 4.82. The fraction of sp³-hybridized carbons (Fsp3) is 0.400. The third kappa shape index (κ3) is 5.33. The molecular weight excluding hydrogens is 544 g/mol. The second-order valence-corrected chi connectivity index (χ2v) is 13.2. The van der Waals surface area contributed by atoms with Gasteiger partial charge in [-0.3, -0.25) is 0 Å². The molecule has 4 aliphatic rings. The van der Waals surface area contributed by atoms with Crippen LogP contribution in [-0.2, 0) is 35.2 Å². The molecule has 226 valence electrons. The highest BCUT2D eigenvalue weighted by Crippen LogP contribution is 2.48. The maximum Gasteiger partial charge on any atom is 0.183 e. The lowest BCUT2D eigenvalue weighted by Gasteiger charge is -2.27. The van der Waals surface area contributed by atoms with Crippen molar-refractivity contribution in [3.63, 3.8) is 0 Å². The van der Waals surface area contributed by atoms with E-state index in [2.05, 4.69) is 79.7 Å². The molecule has 4 aromatic carbocycles. The fourth-order valence-electron chi connectivity index (χ4n) is 7.60. The van der Waals surface area contributed by atoms with Crippen molar-refractivity contribution in [2.75, 3.05) is 26.4 Å².